The van der Waals surface area contributed by atoms with Gasteiger partial charge in [-0.3, -0.25) is 0 Å². The highest BCUT2D eigenvalue weighted by Crippen LogP contribution is 2.35. The molecule has 0 spiro atoms. The first kappa shape index (κ1) is 11.9. The summed E-state index contributed by atoms with van der Waals surface area (Å²) in [5, 5.41) is 3.27. The highest BCUT2D eigenvalue weighted by Gasteiger charge is 2.29. The van der Waals surface area contributed by atoms with E-state index in [4.69, 9.17) is 0 Å². The van der Waals surface area contributed by atoms with Gasteiger partial charge in [0.05, 0.1) is 0 Å². The summed E-state index contributed by atoms with van der Waals surface area (Å²) in [6.07, 6.45) is 2.56. The minimum atomic E-state index is -0.781. The molecule has 0 aliphatic heterocycles. The van der Waals surface area contributed by atoms with E-state index < -0.39 is 11.6 Å². The summed E-state index contributed by atoms with van der Waals surface area (Å²) in [7, 11) is 1.95. The van der Waals surface area contributed by atoms with E-state index in [0.29, 0.717) is 6.04 Å². The van der Waals surface area contributed by atoms with E-state index >= 15 is 0 Å². The van der Waals surface area contributed by atoms with Crippen molar-refractivity contribution in [2.75, 3.05) is 12.8 Å². The minimum absolute atomic E-state index is 0.484. The van der Waals surface area contributed by atoms with E-state index in [1.165, 1.54) is 25.0 Å². The lowest BCUT2D eigenvalue weighted by atomic mass is 10.2. The maximum absolute atomic E-state index is 13.0. The lowest BCUT2D eigenvalue weighted by molar-refractivity contribution is 0.505. The largest absolute Gasteiger partial charge is 0.316 e. The first-order chi connectivity index (χ1) is 7.70. The summed E-state index contributed by atoms with van der Waals surface area (Å²) in [5.41, 5.74) is 0. The molecule has 0 radical (unpaired) electrons. The molecule has 4 heteroatoms. The van der Waals surface area contributed by atoms with Gasteiger partial charge in [-0.2, -0.15) is 0 Å². The fourth-order valence-corrected chi connectivity index (χ4v) is 2.87. The normalized spacial score (nSPS) is 17.4. The second-order valence-corrected chi connectivity index (χ2v) is 5.21. The molecule has 1 N–H and O–H groups in total. The molecule has 1 atom stereocenters. The Bertz CT molecular complexity index is 366. The van der Waals surface area contributed by atoms with Crippen LogP contribution in [0.2, 0.25) is 0 Å². The average Bonchev–Trinajstić information content (AvgIpc) is 3.08. The standard InChI is InChI=1S/C12H15F2NS/c1-15-12(8-2-3-8)7-16-9-4-5-10(13)11(14)6-9/h4-6,8,12,15H,2-3,7H2,1H3. The molecule has 1 fully saturated rings. The van der Waals surface area contributed by atoms with Crippen molar-refractivity contribution in [3.05, 3.63) is 29.8 Å². The van der Waals surface area contributed by atoms with Gasteiger partial charge in [0.1, 0.15) is 0 Å². The van der Waals surface area contributed by atoms with Crippen LogP contribution in [0.15, 0.2) is 23.1 Å². The quantitative estimate of drug-likeness (QED) is 0.798. The van der Waals surface area contributed by atoms with E-state index in [1.807, 2.05) is 7.05 Å². The number of nitrogens with one attached hydrogen (secondary N) is 1. The molecule has 1 aromatic carbocycles. The van der Waals surface area contributed by atoms with Gasteiger partial charge in [-0.15, -0.1) is 11.8 Å². The third-order valence-electron chi connectivity index (χ3n) is 2.88. The third kappa shape index (κ3) is 2.95. The van der Waals surface area contributed by atoms with Crippen molar-refractivity contribution in [2.24, 2.45) is 5.92 Å². The number of benzene rings is 1. The fourth-order valence-electron chi connectivity index (χ4n) is 1.71. The smallest absolute Gasteiger partial charge is 0.159 e. The summed E-state index contributed by atoms with van der Waals surface area (Å²) < 4.78 is 25.7. The van der Waals surface area contributed by atoms with E-state index in [0.717, 1.165) is 16.6 Å². The number of rotatable bonds is 5. The van der Waals surface area contributed by atoms with Gasteiger partial charge in [-0.1, -0.05) is 0 Å². The Hall–Kier alpha value is -0.610. The van der Waals surface area contributed by atoms with E-state index in [2.05, 4.69) is 5.32 Å². The molecule has 1 aromatic rings. The Kier molecular flexibility index (Phi) is 3.82. The van der Waals surface area contributed by atoms with Crippen molar-refractivity contribution in [1.82, 2.24) is 5.32 Å². The van der Waals surface area contributed by atoms with Gasteiger partial charge in [0.2, 0.25) is 0 Å². The van der Waals surface area contributed by atoms with Crippen LogP contribution in [0, 0.1) is 17.6 Å². The Balaban J connectivity index is 1.90. The van der Waals surface area contributed by atoms with Crippen molar-refractivity contribution in [2.45, 2.75) is 23.8 Å². The Morgan fingerprint density at radius 1 is 1.38 bits per heavy atom. The van der Waals surface area contributed by atoms with E-state index in [-0.39, 0.29) is 0 Å². The molecule has 1 nitrogen and oxygen atoms in total. The van der Waals surface area contributed by atoms with Crippen LogP contribution in [0.3, 0.4) is 0 Å². The Labute approximate surface area is 98.6 Å². The van der Waals surface area contributed by atoms with Crippen molar-refractivity contribution >= 4 is 11.8 Å². The zero-order chi connectivity index (χ0) is 11.5. The summed E-state index contributed by atoms with van der Waals surface area (Å²) in [5.74, 6) is 0.128. The molecule has 0 amide bonds. The molecule has 0 aromatic heterocycles. The maximum atomic E-state index is 13.0. The SMILES string of the molecule is CNC(CSc1ccc(F)c(F)c1)C1CC1. The number of hydrogen-bond acceptors (Lipinski definition) is 2. The molecular formula is C12H15F2NS. The molecule has 1 saturated carbocycles. The molecule has 0 saturated heterocycles. The van der Waals surface area contributed by atoms with Gasteiger partial charge in [0, 0.05) is 16.7 Å². The monoisotopic (exact) mass is 243 g/mol. The highest BCUT2D eigenvalue weighted by molar-refractivity contribution is 7.99. The Morgan fingerprint density at radius 2 is 2.12 bits per heavy atom. The van der Waals surface area contributed by atoms with Crippen molar-refractivity contribution in [3.63, 3.8) is 0 Å². The first-order valence-electron chi connectivity index (χ1n) is 5.46. The van der Waals surface area contributed by atoms with E-state index in [1.54, 1.807) is 17.8 Å². The van der Waals surface area contributed by atoms with Crippen LogP contribution >= 0.6 is 11.8 Å². The summed E-state index contributed by atoms with van der Waals surface area (Å²) >= 11 is 1.58. The zero-order valence-corrected chi connectivity index (χ0v) is 9.99. The number of thioether (sulfide) groups is 1. The zero-order valence-electron chi connectivity index (χ0n) is 9.17. The van der Waals surface area contributed by atoms with Crippen LogP contribution in [0.1, 0.15) is 12.8 Å². The second-order valence-electron chi connectivity index (χ2n) is 4.12. The second kappa shape index (κ2) is 5.15. The van der Waals surface area contributed by atoms with Gasteiger partial charge in [-0.25, -0.2) is 8.78 Å². The van der Waals surface area contributed by atoms with E-state index in [9.17, 15) is 8.78 Å². The van der Waals surface area contributed by atoms with Crippen molar-refractivity contribution in [1.29, 1.82) is 0 Å². The topological polar surface area (TPSA) is 12.0 Å². The minimum Gasteiger partial charge on any atom is -0.316 e. The van der Waals surface area contributed by atoms with Crippen LogP contribution in [-0.4, -0.2) is 18.8 Å². The number of halogens is 2. The molecule has 0 bridgehead atoms. The predicted octanol–water partition coefficient (Wildman–Crippen LogP) is 3.05. The fraction of sp³-hybridized carbons (Fsp3) is 0.500. The molecule has 2 rings (SSSR count). The van der Waals surface area contributed by atoms with Crippen molar-refractivity contribution in [3.8, 4) is 0 Å². The molecule has 1 unspecified atom stereocenters. The molecule has 0 heterocycles. The first-order valence-corrected chi connectivity index (χ1v) is 6.44. The molecule has 88 valence electrons. The van der Waals surface area contributed by atoms with Gasteiger partial charge in [0.25, 0.3) is 0 Å². The van der Waals surface area contributed by atoms with Gasteiger partial charge < -0.3 is 5.32 Å². The summed E-state index contributed by atoms with van der Waals surface area (Å²) in [6.45, 7) is 0. The average molecular weight is 243 g/mol. The number of hydrogen-bond donors (Lipinski definition) is 1. The molecular weight excluding hydrogens is 228 g/mol. The Morgan fingerprint density at radius 3 is 2.69 bits per heavy atom. The van der Waals surface area contributed by atoms with Gasteiger partial charge in [-0.05, 0) is 44.0 Å². The van der Waals surface area contributed by atoms with Gasteiger partial charge in [0.15, 0.2) is 11.6 Å². The molecule has 16 heavy (non-hydrogen) atoms. The summed E-state index contributed by atoms with van der Waals surface area (Å²) in [4.78, 5) is 0.791. The predicted molar refractivity (Wildman–Crippen MR) is 62.7 cm³/mol. The van der Waals surface area contributed by atoms with Crippen LogP contribution in [0.4, 0.5) is 8.78 Å². The van der Waals surface area contributed by atoms with Crippen LogP contribution in [-0.2, 0) is 0 Å². The molecule has 1 aliphatic rings. The van der Waals surface area contributed by atoms with Crippen LogP contribution in [0.25, 0.3) is 0 Å². The lowest BCUT2D eigenvalue weighted by Crippen LogP contribution is -2.29. The third-order valence-corrected chi connectivity index (χ3v) is 4.00. The molecule has 1 aliphatic carbocycles. The van der Waals surface area contributed by atoms with Crippen LogP contribution < -0.4 is 5.32 Å². The summed E-state index contributed by atoms with van der Waals surface area (Å²) in [6, 6.07) is 4.56. The lowest BCUT2D eigenvalue weighted by Gasteiger charge is -2.14. The van der Waals surface area contributed by atoms with Gasteiger partial charge >= 0.3 is 0 Å². The maximum Gasteiger partial charge on any atom is 0.159 e. The van der Waals surface area contributed by atoms with Crippen molar-refractivity contribution < 1.29 is 8.78 Å². The van der Waals surface area contributed by atoms with Crippen LogP contribution in [0.5, 0.6) is 0 Å². The highest BCUT2D eigenvalue weighted by atomic mass is 32.2.